The molecule has 0 unspecified atom stereocenters. The van der Waals surface area contributed by atoms with Crippen molar-refractivity contribution in [2.24, 2.45) is 0 Å². The molecule has 1 saturated heterocycles. The minimum absolute atomic E-state index is 0.172. The van der Waals surface area contributed by atoms with Gasteiger partial charge in [0.2, 0.25) is 0 Å². The number of anilines is 3. The summed E-state index contributed by atoms with van der Waals surface area (Å²) in [4.78, 5) is 45.8. The number of hydrogen-bond acceptors (Lipinski definition) is 10. The van der Waals surface area contributed by atoms with Crippen LogP contribution in [0.1, 0.15) is 35.3 Å². The third-order valence-electron chi connectivity index (χ3n) is 7.62. The molecule has 13 nitrogen and oxygen atoms in total. The second-order valence-corrected chi connectivity index (χ2v) is 10.7. The number of rotatable bonds is 7. The fraction of sp³-hybridized carbons (Fsp3) is 0.353. The van der Waals surface area contributed by atoms with Crippen LogP contribution in [0.4, 0.5) is 26.9 Å². The molecule has 47 heavy (non-hydrogen) atoms. The molecule has 0 bridgehead atoms. The van der Waals surface area contributed by atoms with Crippen LogP contribution in [0.2, 0.25) is 0 Å². The number of hydrogen-bond donors (Lipinski definition) is 2. The van der Waals surface area contributed by atoms with Crippen LogP contribution in [0.3, 0.4) is 0 Å². The molecular weight excluding hydrogens is 600 g/mol. The number of urea groups is 1. The Hall–Kier alpha value is -5.46. The average molecular weight is 643 g/mol. The SMILES string of the molecule is CCc1ccccc1N1CCN(C(=O)Nc2nc(C)c(C)nc2OC)CC1.COc1nc(C)c(C)nc1NC(=O)Oc1ccccc1. The van der Waals surface area contributed by atoms with E-state index < -0.39 is 6.09 Å². The topological polar surface area (TPSA) is 144 Å². The first-order chi connectivity index (χ1) is 22.6. The quantitative estimate of drug-likeness (QED) is 0.256. The molecule has 5 rings (SSSR count). The Balaban J connectivity index is 0.000000223. The van der Waals surface area contributed by atoms with Gasteiger partial charge in [0.05, 0.1) is 37.0 Å². The fourth-order valence-corrected chi connectivity index (χ4v) is 4.78. The Kier molecular flexibility index (Phi) is 11.9. The Morgan fingerprint density at radius 2 is 1.21 bits per heavy atom. The second kappa shape index (κ2) is 16.2. The maximum Gasteiger partial charge on any atom is 0.418 e. The highest BCUT2D eigenvalue weighted by molar-refractivity contribution is 5.89. The largest absolute Gasteiger partial charge is 0.478 e. The molecule has 2 N–H and O–H groups in total. The van der Waals surface area contributed by atoms with Crippen molar-refractivity contribution in [1.29, 1.82) is 0 Å². The Labute approximate surface area is 275 Å². The molecule has 0 saturated carbocycles. The number of ether oxygens (including phenoxy) is 3. The molecule has 0 radical (unpaired) electrons. The van der Waals surface area contributed by atoms with Gasteiger partial charge in [0, 0.05) is 31.9 Å². The van der Waals surface area contributed by atoms with Crippen LogP contribution in [0.25, 0.3) is 0 Å². The van der Waals surface area contributed by atoms with Crippen molar-refractivity contribution >= 4 is 29.4 Å². The number of carbonyl (C=O) groups excluding carboxylic acids is 2. The summed E-state index contributed by atoms with van der Waals surface area (Å²) >= 11 is 0. The predicted molar refractivity (Wildman–Crippen MR) is 181 cm³/mol. The summed E-state index contributed by atoms with van der Waals surface area (Å²) in [5.74, 6) is 1.63. The zero-order valence-corrected chi connectivity index (χ0v) is 28.0. The highest BCUT2D eigenvalue weighted by atomic mass is 16.6. The lowest BCUT2D eigenvalue weighted by Gasteiger charge is -2.36. The van der Waals surface area contributed by atoms with E-state index in [9.17, 15) is 9.59 Å². The zero-order valence-electron chi connectivity index (χ0n) is 28.0. The Bertz CT molecular complexity index is 1680. The van der Waals surface area contributed by atoms with Gasteiger partial charge in [0.1, 0.15) is 5.75 Å². The number of aromatic nitrogens is 4. The first kappa shape index (κ1) is 34.4. The average Bonchev–Trinajstić information content (AvgIpc) is 3.08. The Morgan fingerprint density at radius 1 is 0.702 bits per heavy atom. The van der Waals surface area contributed by atoms with E-state index in [2.05, 4.69) is 66.7 Å². The predicted octanol–water partition coefficient (Wildman–Crippen LogP) is 5.73. The van der Waals surface area contributed by atoms with Crippen LogP contribution in [-0.4, -0.2) is 77.4 Å². The minimum Gasteiger partial charge on any atom is -0.478 e. The van der Waals surface area contributed by atoms with E-state index in [1.165, 1.54) is 25.5 Å². The molecule has 2 aromatic carbocycles. The first-order valence-electron chi connectivity index (χ1n) is 15.3. The van der Waals surface area contributed by atoms with Gasteiger partial charge in [0.15, 0.2) is 11.6 Å². The summed E-state index contributed by atoms with van der Waals surface area (Å²) < 4.78 is 15.5. The molecule has 1 aliphatic heterocycles. The second-order valence-electron chi connectivity index (χ2n) is 10.7. The molecule has 2 aromatic heterocycles. The number of amides is 3. The molecule has 3 heterocycles. The third kappa shape index (κ3) is 9.06. The number of aryl methyl sites for hydroxylation is 5. The van der Waals surface area contributed by atoms with Crippen molar-refractivity contribution in [2.75, 3.05) is 55.9 Å². The van der Waals surface area contributed by atoms with E-state index >= 15 is 0 Å². The highest BCUT2D eigenvalue weighted by Crippen LogP contribution is 2.24. The number of nitrogens with zero attached hydrogens (tertiary/aromatic N) is 6. The summed E-state index contributed by atoms with van der Waals surface area (Å²) in [7, 11) is 2.99. The van der Waals surface area contributed by atoms with E-state index in [4.69, 9.17) is 14.2 Å². The number of piperazine rings is 1. The molecular formula is C34H42N8O5. The summed E-state index contributed by atoms with van der Waals surface area (Å²) in [6.07, 6.45) is 0.356. The lowest BCUT2D eigenvalue weighted by Crippen LogP contribution is -2.50. The lowest BCUT2D eigenvalue weighted by molar-refractivity contribution is 0.208. The summed E-state index contributed by atoms with van der Waals surface area (Å²) in [5, 5.41) is 5.36. The van der Waals surface area contributed by atoms with E-state index in [1.54, 1.807) is 36.1 Å². The molecule has 0 atom stereocenters. The number of nitrogens with one attached hydrogen (secondary N) is 2. The summed E-state index contributed by atoms with van der Waals surface area (Å²) in [5.41, 5.74) is 5.61. The van der Waals surface area contributed by atoms with E-state index in [-0.39, 0.29) is 17.7 Å². The van der Waals surface area contributed by atoms with Gasteiger partial charge >= 0.3 is 12.1 Å². The van der Waals surface area contributed by atoms with Crippen LogP contribution in [0.15, 0.2) is 54.6 Å². The van der Waals surface area contributed by atoms with Crippen molar-refractivity contribution in [3.63, 3.8) is 0 Å². The summed E-state index contributed by atoms with van der Waals surface area (Å²) in [6.45, 7) is 12.4. The van der Waals surface area contributed by atoms with Crippen molar-refractivity contribution in [3.8, 4) is 17.5 Å². The molecule has 248 valence electrons. The highest BCUT2D eigenvalue weighted by Gasteiger charge is 2.24. The lowest BCUT2D eigenvalue weighted by atomic mass is 10.1. The zero-order chi connectivity index (χ0) is 33.9. The van der Waals surface area contributed by atoms with Gasteiger partial charge in [-0.3, -0.25) is 10.6 Å². The van der Waals surface area contributed by atoms with Crippen LogP contribution < -0.4 is 29.7 Å². The van der Waals surface area contributed by atoms with Crippen LogP contribution in [0, 0.1) is 27.7 Å². The van der Waals surface area contributed by atoms with Crippen LogP contribution in [0.5, 0.6) is 17.5 Å². The van der Waals surface area contributed by atoms with Gasteiger partial charge in [-0.2, -0.15) is 0 Å². The van der Waals surface area contributed by atoms with Crippen molar-refractivity contribution < 1.29 is 23.8 Å². The van der Waals surface area contributed by atoms with E-state index in [0.717, 1.165) is 36.6 Å². The van der Waals surface area contributed by atoms with Gasteiger partial charge in [-0.05, 0) is 57.9 Å². The Morgan fingerprint density at radius 3 is 1.77 bits per heavy atom. The van der Waals surface area contributed by atoms with Crippen molar-refractivity contribution in [2.45, 2.75) is 41.0 Å². The standard InChI is InChI=1S/C20H27N5O2.C14H15N3O3/c1-5-16-8-6-7-9-17(16)24-10-12-25(13-11-24)20(26)23-18-19(27-4)22-15(3)14(2)21-18;1-9-10(2)16-13(19-3)12(15-9)17-14(18)20-11-7-5-4-6-8-11/h6-9H,5,10-13H2,1-4H3,(H,21,23,26);4-8H,1-3H3,(H,15,17,18). The van der Waals surface area contributed by atoms with Crippen LogP contribution in [-0.2, 0) is 6.42 Å². The molecule has 3 amide bonds. The van der Waals surface area contributed by atoms with Crippen molar-refractivity contribution in [1.82, 2.24) is 24.8 Å². The van der Waals surface area contributed by atoms with Crippen LogP contribution >= 0.6 is 0 Å². The van der Waals surface area contributed by atoms with Gasteiger partial charge < -0.3 is 24.0 Å². The molecule has 0 spiro atoms. The molecule has 13 heteroatoms. The van der Waals surface area contributed by atoms with E-state index in [1.807, 2.05) is 26.8 Å². The number of methoxy groups -OCH3 is 2. The smallest absolute Gasteiger partial charge is 0.418 e. The number of benzene rings is 2. The van der Waals surface area contributed by atoms with Gasteiger partial charge in [-0.1, -0.05) is 43.3 Å². The third-order valence-corrected chi connectivity index (χ3v) is 7.62. The minimum atomic E-state index is -0.646. The maximum absolute atomic E-state index is 12.7. The first-order valence-corrected chi connectivity index (χ1v) is 15.3. The monoisotopic (exact) mass is 642 g/mol. The molecule has 0 aliphatic carbocycles. The normalized spacial score (nSPS) is 12.4. The van der Waals surface area contributed by atoms with Gasteiger partial charge in [0.25, 0.3) is 11.8 Å². The number of carbonyl (C=O) groups is 2. The van der Waals surface area contributed by atoms with Gasteiger partial charge in [-0.25, -0.2) is 29.5 Å². The molecule has 1 aliphatic rings. The summed E-state index contributed by atoms with van der Waals surface area (Å²) in [6, 6.07) is 17.0. The number of para-hydroxylation sites is 2. The molecule has 4 aromatic rings. The van der Waals surface area contributed by atoms with Crippen molar-refractivity contribution in [3.05, 3.63) is 82.9 Å². The fourth-order valence-electron chi connectivity index (χ4n) is 4.78. The van der Waals surface area contributed by atoms with E-state index in [0.29, 0.717) is 36.2 Å². The molecule has 1 fully saturated rings. The maximum atomic E-state index is 12.7. The van der Waals surface area contributed by atoms with Gasteiger partial charge in [-0.15, -0.1) is 0 Å².